The van der Waals surface area contributed by atoms with Crippen molar-refractivity contribution in [2.45, 2.75) is 109 Å². The van der Waals surface area contributed by atoms with Crippen molar-refractivity contribution in [3.05, 3.63) is 35.9 Å². The van der Waals surface area contributed by atoms with Crippen molar-refractivity contribution in [3.8, 4) is 0 Å². The molecular formula is C26H46O5Si. The van der Waals surface area contributed by atoms with Gasteiger partial charge in [-0.2, -0.15) is 0 Å². The summed E-state index contributed by atoms with van der Waals surface area (Å²) in [6.45, 7) is 14.2. The van der Waals surface area contributed by atoms with E-state index in [-0.39, 0.29) is 36.6 Å². The molecule has 0 aliphatic heterocycles. The lowest BCUT2D eigenvalue weighted by atomic mass is 10.00. The van der Waals surface area contributed by atoms with Gasteiger partial charge in [-0.15, -0.1) is 0 Å². The Hall–Kier alpha value is -1.05. The van der Waals surface area contributed by atoms with Crippen molar-refractivity contribution in [1.29, 1.82) is 0 Å². The highest BCUT2D eigenvalue weighted by Crippen LogP contribution is 2.38. The molecule has 32 heavy (non-hydrogen) atoms. The Bertz CT molecular complexity index is 614. The van der Waals surface area contributed by atoms with Crippen LogP contribution in [0.2, 0.25) is 18.1 Å². The summed E-state index contributed by atoms with van der Waals surface area (Å²) < 4.78 is 24.3. The van der Waals surface area contributed by atoms with E-state index in [9.17, 15) is 4.79 Å². The van der Waals surface area contributed by atoms with Gasteiger partial charge in [0.15, 0.2) is 8.32 Å². The lowest BCUT2D eigenvalue weighted by Crippen LogP contribution is -2.46. The Morgan fingerprint density at radius 1 is 1.03 bits per heavy atom. The molecule has 0 radical (unpaired) electrons. The second-order valence-corrected chi connectivity index (χ2v) is 14.8. The Morgan fingerprint density at radius 3 is 2.28 bits per heavy atom. The van der Waals surface area contributed by atoms with E-state index in [1.54, 1.807) is 7.11 Å². The molecule has 1 aromatic rings. The highest BCUT2D eigenvalue weighted by atomic mass is 28.4. The zero-order valence-corrected chi connectivity index (χ0v) is 22.4. The van der Waals surface area contributed by atoms with Crippen LogP contribution < -0.4 is 0 Å². The summed E-state index contributed by atoms with van der Waals surface area (Å²) in [5, 5.41) is 0.130. The number of carbonyl (C=O) groups is 1. The Balaban J connectivity index is 3.00. The van der Waals surface area contributed by atoms with E-state index < -0.39 is 8.32 Å². The van der Waals surface area contributed by atoms with Crippen molar-refractivity contribution in [3.63, 3.8) is 0 Å². The highest BCUT2D eigenvalue weighted by Gasteiger charge is 2.40. The third-order valence-electron chi connectivity index (χ3n) is 6.34. The monoisotopic (exact) mass is 466 g/mol. The number of carbonyl (C=O) groups excluding carboxylic acids is 1. The van der Waals surface area contributed by atoms with Crippen LogP contribution in [0.25, 0.3) is 0 Å². The minimum atomic E-state index is -1.95. The topological polar surface area (TPSA) is 54.0 Å². The standard InChI is InChI=1S/C26H46O5Si/c1-8-9-11-16-23(31-32(6,7)26(2,3)4)19-25(30-21-28-5)24(17-18-27)29-20-22-14-12-10-13-15-22/h10,12-15,18,23-25H,8-9,11,16-17,19-21H2,1-7H3/t23-,24+,25+/m1/s1. The average molecular weight is 467 g/mol. The van der Waals surface area contributed by atoms with Gasteiger partial charge in [0, 0.05) is 26.1 Å². The second kappa shape index (κ2) is 15.0. The maximum absolute atomic E-state index is 11.5. The molecule has 0 heterocycles. The van der Waals surface area contributed by atoms with Crippen LogP contribution >= 0.6 is 0 Å². The van der Waals surface area contributed by atoms with Crippen LogP contribution in [-0.2, 0) is 30.0 Å². The van der Waals surface area contributed by atoms with E-state index in [2.05, 4.69) is 40.8 Å². The van der Waals surface area contributed by atoms with Gasteiger partial charge in [-0.1, -0.05) is 77.3 Å². The zero-order chi connectivity index (χ0) is 24.0. The predicted molar refractivity (Wildman–Crippen MR) is 133 cm³/mol. The Kier molecular flexibility index (Phi) is 13.6. The molecule has 1 aromatic carbocycles. The fourth-order valence-electron chi connectivity index (χ4n) is 3.38. The molecule has 0 fully saturated rings. The molecule has 0 aliphatic carbocycles. The van der Waals surface area contributed by atoms with Gasteiger partial charge in [0.05, 0.1) is 18.8 Å². The number of ether oxygens (including phenoxy) is 3. The van der Waals surface area contributed by atoms with Gasteiger partial charge in [0.25, 0.3) is 0 Å². The second-order valence-electron chi connectivity index (χ2n) is 10.1. The maximum atomic E-state index is 11.5. The van der Waals surface area contributed by atoms with E-state index in [1.807, 2.05) is 30.3 Å². The van der Waals surface area contributed by atoms with Gasteiger partial charge in [-0.25, -0.2) is 0 Å². The smallest absolute Gasteiger partial charge is 0.192 e. The summed E-state index contributed by atoms with van der Waals surface area (Å²) in [6.07, 6.45) is 5.79. The lowest BCUT2D eigenvalue weighted by molar-refractivity contribution is -0.146. The van der Waals surface area contributed by atoms with Crippen molar-refractivity contribution in [2.75, 3.05) is 13.9 Å². The maximum Gasteiger partial charge on any atom is 0.192 e. The summed E-state index contributed by atoms with van der Waals surface area (Å²) in [5.41, 5.74) is 1.07. The van der Waals surface area contributed by atoms with Gasteiger partial charge in [-0.05, 0) is 30.1 Å². The first-order valence-electron chi connectivity index (χ1n) is 12.0. The molecule has 6 heteroatoms. The molecule has 0 bridgehead atoms. The van der Waals surface area contributed by atoms with Crippen LogP contribution in [0.15, 0.2) is 30.3 Å². The highest BCUT2D eigenvalue weighted by molar-refractivity contribution is 6.74. The molecule has 0 saturated heterocycles. The number of hydrogen-bond acceptors (Lipinski definition) is 5. The van der Waals surface area contributed by atoms with Crippen LogP contribution in [0.4, 0.5) is 0 Å². The predicted octanol–water partition coefficient (Wildman–Crippen LogP) is 6.51. The molecular weight excluding hydrogens is 420 g/mol. The van der Waals surface area contributed by atoms with E-state index >= 15 is 0 Å². The summed E-state index contributed by atoms with van der Waals surface area (Å²) in [5.74, 6) is 0. The van der Waals surface area contributed by atoms with Crippen molar-refractivity contribution >= 4 is 14.6 Å². The molecule has 0 unspecified atom stereocenters. The van der Waals surface area contributed by atoms with Crippen LogP contribution in [0.3, 0.4) is 0 Å². The largest absolute Gasteiger partial charge is 0.414 e. The number of methoxy groups -OCH3 is 1. The van der Waals surface area contributed by atoms with Crippen molar-refractivity contribution in [2.24, 2.45) is 0 Å². The molecule has 3 atom stereocenters. The van der Waals surface area contributed by atoms with Gasteiger partial charge < -0.3 is 23.4 Å². The molecule has 0 aromatic heterocycles. The first-order chi connectivity index (χ1) is 15.1. The van der Waals surface area contributed by atoms with Crippen LogP contribution in [-0.4, -0.2) is 46.8 Å². The molecule has 0 saturated carbocycles. The van der Waals surface area contributed by atoms with Crippen molar-refractivity contribution < 1.29 is 23.4 Å². The average Bonchev–Trinajstić information content (AvgIpc) is 2.74. The molecule has 1 rings (SSSR count). The fraction of sp³-hybridized carbons (Fsp3) is 0.731. The summed E-state index contributed by atoms with van der Waals surface area (Å²) in [4.78, 5) is 11.5. The first kappa shape index (κ1) is 29.0. The minimum absolute atomic E-state index is 0.0683. The van der Waals surface area contributed by atoms with E-state index in [1.165, 1.54) is 12.8 Å². The van der Waals surface area contributed by atoms with Crippen LogP contribution in [0.1, 0.15) is 71.8 Å². The normalized spacial score (nSPS) is 15.3. The molecule has 184 valence electrons. The number of hydrogen-bond donors (Lipinski definition) is 0. The third kappa shape index (κ3) is 10.7. The summed E-state index contributed by atoms with van der Waals surface area (Å²) in [7, 11) is -0.335. The molecule has 0 spiro atoms. The van der Waals surface area contributed by atoms with E-state index in [0.717, 1.165) is 24.7 Å². The lowest BCUT2D eigenvalue weighted by Gasteiger charge is -2.40. The van der Waals surface area contributed by atoms with E-state index in [4.69, 9.17) is 18.6 Å². The Morgan fingerprint density at radius 2 is 1.72 bits per heavy atom. The van der Waals surface area contributed by atoms with Gasteiger partial charge >= 0.3 is 0 Å². The van der Waals surface area contributed by atoms with Crippen LogP contribution in [0, 0.1) is 0 Å². The fourth-order valence-corrected chi connectivity index (χ4v) is 4.78. The van der Waals surface area contributed by atoms with Crippen molar-refractivity contribution in [1.82, 2.24) is 0 Å². The SMILES string of the molecule is CCCCC[C@H](C[C@H](OCOC)[C@H](CC=O)OCc1ccccc1)O[Si](C)(C)C(C)(C)C. The third-order valence-corrected chi connectivity index (χ3v) is 10.9. The minimum Gasteiger partial charge on any atom is -0.414 e. The molecule has 0 amide bonds. The quantitative estimate of drug-likeness (QED) is 0.113. The van der Waals surface area contributed by atoms with Crippen LogP contribution in [0.5, 0.6) is 0 Å². The number of benzene rings is 1. The number of aldehydes is 1. The summed E-state index contributed by atoms with van der Waals surface area (Å²) >= 11 is 0. The summed E-state index contributed by atoms with van der Waals surface area (Å²) in [6, 6.07) is 10.0. The molecule has 0 N–H and O–H groups in total. The van der Waals surface area contributed by atoms with Gasteiger partial charge in [-0.3, -0.25) is 0 Å². The number of unbranched alkanes of at least 4 members (excludes halogenated alkanes) is 2. The first-order valence-corrected chi connectivity index (χ1v) is 14.9. The molecule has 5 nitrogen and oxygen atoms in total. The number of rotatable bonds is 17. The van der Waals surface area contributed by atoms with Gasteiger partial charge in [0.2, 0.25) is 0 Å². The zero-order valence-electron chi connectivity index (χ0n) is 21.4. The van der Waals surface area contributed by atoms with Gasteiger partial charge in [0.1, 0.15) is 13.1 Å². The Labute approximate surface area is 197 Å². The van der Waals surface area contributed by atoms with E-state index in [0.29, 0.717) is 13.0 Å². The molecule has 0 aliphatic rings.